The van der Waals surface area contributed by atoms with Crippen molar-refractivity contribution < 1.29 is 14.3 Å². The zero-order chi connectivity index (χ0) is 21.6. The summed E-state index contributed by atoms with van der Waals surface area (Å²) in [6.45, 7) is 7.29. The molecule has 3 heterocycles. The molecule has 0 bridgehead atoms. The van der Waals surface area contributed by atoms with Crippen molar-refractivity contribution in [2.75, 3.05) is 42.3 Å². The monoisotopic (exact) mass is 459 g/mol. The van der Waals surface area contributed by atoms with E-state index in [4.69, 9.17) is 14.5 Å². The number of rotatable bonds is 9. The molecule has 10 heteroatoms. The molecule has 164 valence electrons. The molecule has 0 saturated carbocycles. The summed E-state index contributed by atoms with van der Waals surface area (Å²) in [6.07, 6.45) is 3.63. The number of hydrogen-bond donors (Lipinski definition) is 1. The lowest BCUT2D eigenvalue weighted by Crippen LogP contribution is -2.24. The normalized spacial score (nSPS) is 12.7. The Kier molecular flexibility index (Phi) is 7.08. The Labute approximate surface area is 189 Å². The number of carbonyl (C=O) groups excluding carboxylic acids is 1. The van der Waals surface area contributed by atoms with Crippen LogP contribution in [0.5, 0.6) is 11.5 Å². The minimum Gasteiger partial charge on any atom is -0.486 e. The van der Waals surface area contributed by atoms with Crippen LogP contribution in [0.4, 0.5) is 10.8 Å². The number of thiazole rings is 1. The second-order valence-electron chi connectivity index (χ2n) is 7.01. The molecule has 1 N–H and O–H groups in total. The van der Waals surface area contributed by atoms with Gasteiger partial charge in [-0.1, -0.05) is 36.9 Å². The first-order valence-corrected chi connectivity index (χ1v) is 12.2. The summed E-state index contributed by atoms with van der Waals surface area (Å²) >= 11 is 2.98. The molecule has 0 unspecified atom stereocenters. The molecule has 0 atom stereocenters. The standard InChI is InChI=1S/C21H25N5O3S2/c1-3-7-26(8-4-2)21-25-19-18(31-21)20(23-13-22-19)30-12-17(27)24-14-5-6-15-16(11-14)29-10-9-28-15/h5-6,11,13H,3-4,7-10,12H2,1-2H3,(H,24,27). The van der Waals surface area contributed by atoms with E-state index < -0.39 is 0 Å². The van der Waals surface area contributed by atoms with Crippen LogP contribution in [0, 0.1) is 0 Å². The van der Waals surface area contributed by atoms with Crippen LogP contribution >= 0.6 is 23.1 Å². The number of carbonyl (C=O) groups is 1. The van der Waals surface area contributed by atoms with Gasteiger partial charge in [0.05, 0.1) is 5.75 Å². The number of aromatic nitrogens is 3. The van der Waals surface area contributed by atoms with Gasteiger partial charge < -0.3 is 19.7 Å². The maximum absolute atomic E-state index is 12.5. The molecule has 0 spiro atoms. The quantitative estimate of drug-likeness (QED) is 0.376. The third-order valence-corrected chi connectivity index (χ3v) is 6.80. The van der Waals surface area contributed by atoms with Crippen LogP contribution in [-0.2, 0) is 4.79 Å². The zero-order valence-electron chi connectivity index (χ0n) is 17.6. The smallest absolute Gasteiger partial charge is 0.234 e. The van der Waals surface area contributed by atoms with Gasteiger partial charge in [0.15, 0.2) is 22.3 Å². The van der Waals surface area contributed by atoms with Crippen molar-refractivity contribution in [3.05, 3.63) is 24.5 Å². The average molecular weight is 460 g/mol. The molecule has 31 heavy (non-hydrogen) atoms. The molecular weight excluding hydrogens is 434 g/mol. The van der Waals surface area contributed by atoms with Gasteiger partial charge in [-0.25, -0.2) is 9.97 Å². The van der Waals surface area contributed by atoms with Gasteiger partial charge in [0, 0.05) is 24.8 Å². The van der Waals surface area contributed by atoms with Crippen LogP contribution in [0.3, 0.4) is 0 Å². The lowest BCUT2D eigenvalue weighted by molar-refractivity contribution is -0.113. The fourth-order valence-electron chi connectivity index (χ4n) is 3.26. The number of amides is 1. The van der Waals surface area contributed by atoms with E-state index in [0.29, 0.717) is 36.0 Å². The number of thioether (sulfide) groups is 1. The first-order valence-electron chi connectivity index (χ1n) is 10.4. The molecule has 0 radical (unpaired) electrons. The van der Waals surface area contributed by atoms with Crippen molar-refractivity contribution >= 4 is 50.2 Å². The maximum atomic E-state index is 12.5. The molecule has 0 aliphatic carbocycles. The number of anilines is 2. The van der Waals surface area contributed by atoms with Crippen LogP contribution in [0.15, 0.2) is 29.6 Å². The molecule has 1 aliphatic rings. The molecule has 1 aromatic carbocycles. The van der Waals surface area contributed by atoms with Crippen LogP contribution in [-0.4, -0.2) is 52.9 Å². The minimum atomic E-state index is -0.114. The van der Waals surface area contributed by atoms with E-state index in [2.05, 4.69) is 34.0 Å². The Hall–Kier alpha value is -2.59. The van der Waals surface area contributed by atoms with Gasteiger partial charge in [0.2, 0.25) is 5.91 Å². The number of ether oxygens (including phenoxy) is 2. The van der Waals surface area contributed by atoms with Gasteiger partial charge in [0.1, 0.15) is 29.3 Å². The summed E-state index contributed by atoms with van der Waals surface area (Å²) in [6, 6.07) is 5.40. The van der Waals surface area contributed by atoms with Crippen molar-refractivity contribution in [1.82, 2.24) is 15.0 Å². The van der Waals surface area contributed by atoms with Crippen LogP contribution in [0.2, 0.25) is 0 Å². The molecular formula is C21H25N5O3S2. The number of nitrogens with one attached hydrogen (secondary N) is 1. The second kappa shape index (κ2) is 10.1. The molecule has 1 amide bonds. The Balaban J connectivity index is 1.43. The lowest BCUT2D eigenvalue weighted by Gasteiger charge is -2.19. The summed E-state index contributed by atoms with van der Waals surface area (Å²) < 4.78 is 12.0. The van der Waals surface area contributed by atoms with Crippen LogP contribution in [0.25, 0.3) is 10.3 Å². The van der Waals surface area contributed by atoms with E-state index in [9.17, 15) is 4.79 Å². The molecule has 0 fully saturated rings. The summed E-state index contributed by atoms with van der Waals surface area (Å²) in [5, 5.41) is 4.64. The highest BCUT2D eigenvalue weighted by atomic mass is 32.2. The largest absolute Gasteiger partial charge is 0.486 e. The summed E-state index contributed by atoms with van der Waals surface area (Å²) in [5.41, 5.74) is 1.36. The SMILES string of the molecule is CCCN(CCC)c1nc2ncnc(SCC(=O)Nc3ccc4c(c3)OCCO4)c2s1. The van der Waals surface area contributed by atoms with E-state index >= 15 is 0 Å². The Morgan fingerprint density at radius 1 is 1.16 bits per heavy atom. The van der Waals surface area contributed by atoms with Gasteiger partial charge in [-0.2, -0.15) is 4.98 Å². The van der Waals surface area contributed by atoms with Gasteiger partial charge in [-0.3, -0.25) is 4.79 Å². The van der Waals surface area contributed by atoms with E-state index in [1.165, 1.54) is 18.1 Å². The zero-order valence-corrected chi connectivity index (χ0v) is 19.2. The first kappa shape index (κ1) is 21.6. The fraction of sp³-hybridized carbons (Fsp3) is 0.429. The van der Waals surface area contributed by atoms with Gasteiger partial charge >= 0.3 is 0 Å². The number of benzene rings is 1. The van der Waals surface area contributed by atoms with Crippen molar-refractivity contribution in [3.8, 4) is 11.5 Å². The van der Waals surface area contributed by atoms with Crippen LogP contribution in [0.1, 0.15) is 26.7 Å². The molecule has 4 rings (SSSR count). The van der Waals surface area contributed by atoms with Gasteiger partial charge in [-0.05, 0) is 25.0 Å². The van der Waals surface area contributed by atoms with Crippen molar-refractivity contribution in [3.63, 3.8) is 0 Å². The number of fused-ring (bicyclic) bond motifs is 2. The molecule has 8 nitrogen and oxygen atoms in total. The third-order valence-electron chi connectivity index (χ3n) is 4.57. The second-order valence-corrected chi connectivity index (χ2v) is 8.95. The van der Waals surface area contributed by atoms with E-state index in [-0.39, 0.29) is 11.7 Å². The van der Waals surface area contributed by atoms with Gasteiger partial charge in [0.25, 0.3) is 0 Å². The number of nitrogens with zero attached hydrogens (tertiary/aromatic N) is 4. The van der Waals surface area contributed by atoms with Crippen molar-refractivity contribution in [2.45, 2.75) is 31.7 Å². The first-order chi connectivity index (χ1) is 15.2. The predicted molar refractivity (Wildman–Crippen MR) is 125 cm³/mol. The predicted octanol–water partition coefficient (Wildman–Crippen LogP) is 4.21. The maximum Gasteiger partial charge on any atom is 0.234 e. The number of hydrogen-bond acceptors (Lipinski definition) is 9. The third kappa shape index (κ3) is 5.19. The van der Waals surface area contributed by atoms with Crippen molar-refractivity contribution in [1.29, 1.82) is 0 Å². The fourth-order valence-corrected chi connectivity index (χ4v) is 5.20. The highest BCUT2D eigenvalue weighted by Crippen LogP contribution is 2.35. The Morgan fingerprint density at radius 3 is 2.71 bits per heavy atom. The average Bonchev–Trinajstić information content (AvgIpc) is 3.22. The minimum absolute atomic E-state index is 0.114. The Bertz CT molecular complexity index is 1050. The topological polar surface area (TPSA) is 89.5 Å². The van der Waals surface area contributed by atoms with E-state index in [0.717, 1.165) is 40.8 Å². The molecule has 0 saturated heterocycles. The summed E-state index contributed by atoms with van der Waals surface area (Å²) in [5.74, 6) is 1.47. The molecule has 3 aromatic rings. The van der Waals surface area contributed by atoms with E-state index in [1.807, 2.05) is 12.1 Å². The molecule has 2 aromatic heterocycles. The van der Waals surface area contributed by atoms with Crippen molar-refractivity contribution in [2.24, 2.45) is 0 Å². The summed E-state index contributed by atoms with van der Waals surface area (Å²) in [4.78, 5) is 28.2. The molecule has 1 aliphatic heterocycles. The lowest BCUT2D eigenvalue weighted by atomic mass is 10.2. The summed E-state index contributed by atoms with van der Waals surface area (Å²) in [7, 11) is 0. The highest BCUT2D eigenvalue weighted by molar-refractivity contribution is 8.00. The van der Waals surface area contributed by atoms with Gasteiger partial charge in [-0.15, -0.1) is 0 Å². The van der Waals surface area contributed by atoms with Crippen LogP contribution < -0.4 is 19.7 Å². The highest BCUT2D eigenvalue weighted by Gasteiger charge is 2.17. The Morgan fingerprint density at radius 2 is 1.94 bits per heavy atom. The van der Waals surface area contributed by atoms with E-state index in [1.54, 1.807) is 17.4 Å².